The minimum Gasteiger partial charge on any atom is -0.415 e. The summed E-state index contributed by atoms with van der Waals surface area (Å²) in [5, 5.41) is 9.56. The number of sulfonamides is 1. The molecule has 0 bridgehead atoms. The molecule has 3 aromatic rings. The van der Waals surface area contributed by atoms with Crippen molar-refractivity contribution in [1.82, 2.24) is 24.5 Å². The number of alkyl halides is 2. The minimum atomic E-state index is -3.61. The zero-order chi connectivity index (χ0) is 24.2. The lowest BCUT2D eigenvalue weighted by atomic mass is 10.1. The number of halogens is 4. The van der Waals surface area contributed by atoms with Crippen LogP contribution in [0.1, 0.15) is 37.8 Å². The molecule has 2 aromatic heterocycles. The highest BCUT2D eigenvalue weighted by molar-refractivity contribution is 7.89. The second-order valence-corrected chi connectivity index (χ2v) is 9.01. The van der Waals surface area contributed by atoms with Gasteiger partial charge in [-0.05, 0) is 13.0 Å². The lowest BCUT2D eigenvalue weighted by Gasteiger charge is -2.27. The summed E-state index contributed by atoms with van der Waals surface area (Å²) in [6.07, 6.45) is -0.493. The average molecular weight is 488 g/mol. The van der Waals surface area contributed by atoms with Crippen LogP contribution in [0.5, 0.6) is 0 Å². The molecule has 9 nitrogen and oxygen atoms in total. The van der Waals surface area contributed by atoms with Crippen LogP contribution in [-0.4, -0.2) is 51.7 Å². The van der Waals surface area contributed by atoms with Gasteiger partial charge in [-0.25, -0.2) is 27.2 Å². The van der Waals surface area contributed by atoms with E-state index in [0.29, 0.717) is 6.07 Å². The zero-order valence-corrected chi connectivity index (χ0v) is 18.4. The number of likely N-dealkylation sites (N-methyl/N-ethyl adjacent to an activating group) is 1. The van der Waals surface area contributed by atoms with Gasteiger partial charge in [-0.2, -0.15) is 13.1 Å². The standard InChI is InChI=1S/C19H20F4N6O3S/c1-3-29(33(30,31)4-2)10-15(13-6-5-12(20)7-14(13)21)26-19-24-8-11(9-25-19)17-27-28-18(32-17)16(22)23/h5-9,15-16H,3-4,10H2,1-2H3,(H,24,25,26). The molecule has 3 rings (SSSR count). The fourth-order valence-corrected chi connectivity index (χ4v) is 4.07. The van der Waals surface area contributed by atoms with Gasteiger partial charge in [0.15, 0.2) is 0 Å². The SMILES string of the molecule is CCN(CC(Nc1ncc(-c2nnc(C(F)F)o2)cn1)c1ccc(F)cc1F)S(=O)(=O)CC. The van der Waals surface area contributed by atoms with Crippen molar-refractivity contribution >= 4 is 16.0 Å². The van der Waals surface area contributed by atoms with Crippen LogP contribution in [0.15, 0.2) is 35.0 Å². The summed E-state index contributed by atoms with van der Waals surface area (Å²) in [6, 6.07) is 1.98. The van der Waals surface area contributed by atoms with Gasteiger partial charge in [0.2, 0.25) is 16.0 Å². The quantitative estimate of drug-likeness (QED) is 0.431. The number of benzene rings is 1. The van der Waals surface area contributed by atoms with Gasteiger partial charge in [-0.1, -0.05) is 13.0 Å². The van der Waals surface area contributed by atoms with Gasteiger partial charge in [-0.15, -0.1) is 10.2 Å². The number of nitrogens with one attached hydrogen (secondary N) is 1. The van der Waals surface area contributed by atoms with Crippen LogP contribution in [0, 0.1) is 11.6 Å². The molecule has 0 aliphatic rings. The lowest BCUT2D eigenvalue weighted by Crippen LogP contribution is -2.38. The van der Waals surface area contributed by atoms with E-state index in [2.05, 4.69) is 25.5 Å². The van der Waals surface area contributed by atoms with Gasteiger partial charge in [0, 0.05) is 37.1 Å². The molecule has 0 aliphatic carbocycles. The summed E-state index contributed by atoms with van der Waals surface area (Å²) in [6.45, 7) is 3.06. The highest BCUT2D eigenvalue weighted by Gasteiger charge is 2.26. The van der Waals surface area contributed by atoms with Crippen molar-refractivity contribution in [3.63, 3.8) is 0 Å². The molecular formula is C19H20F4N6O3S. The summed E-state index contributed by atoms with van der Waals surface area (Å²) in [5.41, 5.74) is 0.167. The average Bonchev–Trinajstić information content (AvgIpc) is 3.28. The van der Waals surface area contributed by atoms with E-state index in [1.54, 1.807) is 6.92 Å². The van der Waals surface area contributed by atoms with Crippen molar-refractivity contribution in [3.8, 4) is 11.5 Å². The second-order valence-electron chi connectivity index (χ2n) is 6.76. The van der Waals surface area contributed by atoms with Crippen molar-refractivity contribution in [2.45, 2.75) is 26.3 Å². The molecule has 0 aliphatic heterocycles. The minimum absolute atomic E-state index is 0.00676. The Morgan fingerprint density at radius 1 is 1.12 bits per heavy atom. The molecule has 0 saturated heterocycles. The summed E-state index contributed by atoms with van der Waals surface area (Å²) in [4.78, 5) is 8.07. The monoisotopic (exact) mass is 488 g/mol. The third-order valence-electron chi connectivity index (χ3n) is 4.66. The molecule has 1 aromatic carbocycles. The molecule has 0 saturated carbocycles. The van der Waals surface area contributed by atoms with E-state index < -0.39 is 40.0 Å². The molecule has 178 valence electrons. The van der Waals surface area contributed by atoms with E-state index in [1.807, 2.05) is 0 Å². The summed E-state index contributed by atoms with van der Waals surface area (Å²) in [7, 11) is -3.61. The Morgan fingerprint density at radius 3 is 2.36 bits per heavy atom. The number of hydrogen-bond acceptors (Lipinski definition) is 8. The highest BCUT2D eigenvalue weighted by atomic mass is 32.2. The normalized spacial score (nSPS) is 13.0. The first-order valence-corrected chi connectivity index (χ1v) is 11.4. The molecule has 0 fully saturated rings. The molecule has 0 radical (unpaired) electrons. The van der Waals surface area contributed by atoms with Crippen molar-refractivity contribution in [2.24, 2.45) is 0 Å². The largest absolute Gasteiger partial charge is 0.415 e. The molecule has 1 atom stereocenters. The Balaban J connectivity index is 1.89. The Kier molecular flexibility index (Phi) is 7.58. The summed E-state index contributed by atoms with van der Waals surface area (Å²) >= 11 is 0. The summed E-state index contributed by atoms with van der Waals surface area (Å²) < 4.78 is 83.9. The van der Waals surface area contributed by atoms with Gasteiger partial charge in [0.05, 0.1) is 17.4 Å². The van der Waals surface area contributed by atoms with Crippen LogP contribution < -0.4 is 5.32 Å². The lowest BCUT2D eigenvalue weighted by molar-refractivity contribution is 0.116. The molecule has 0 amide bonds. The van der Waals surface area contributed by atoms with Crippen molar-refractivity contribution < 1.29 is 30.4 Å². The van der Waals surface area contributed by atoms with Crippen LogP contribution in [0.25, 0.3) is 11.5 Å². The van der Waals surface area contributed by atoms with Crippen molar-refractivity contribution in [2.75, 3.05) is 24.2 Å². The van der Waals surface area contributed by atoms with Crippen molar-refractivity contribution in [3.05, 3.63) is 53.7 Å². The molecular weight excluding hydrogens is 468 g/mol. The maximum atomic E-state index is 14.5. The van der Waals surface area contributed by atoms with Gasteiger partial charge < -0.3 is 9.73 Å². The third kappa shape index (κ3) is 5.82. The van der Waals surface area contributed by atoms with E-state index in [-0.39, 0.29) is 41.8 Å². The third-order valence-corrected chi connectivity index (χ3v) is 6.59. The highest BCUT2D eigenvalue weighted by Crippen LogP contribution is 2.25. The maximum Gasteiger partial charge on any atom is 0.314 e. The molecule has 1 N–H and O–H groups in total. The first-order valence-electron chi connectivity index (χ1n) is 9.77. The zero-order valence-electron chi connectivity index (χ0n) is 17.5. The maximum absolute atomic E-state index is 14.5. The number of rotatable bonds is 10. The van der Waals surface area contributed by atoms with Crippen LogP contribution in [0.3, 0.4) is 0 Å². The molecule has 14 heteroatoms. The second kappa shape index (κ2) is 10.2. The Hall–Kier alpha value is -3.13. The molecule has 0 spiro atoms. The van der Waals surface area contributed by atoms with Crippen molar-refractivity contribution in [1.29, 1.82) is 0 Å². The van der Waals surface area contributed by atoms with Gasteiger partial charge >= 0.3 is 6.43 Å². The number of anilines is 1. The first kappa shape index (κ1) is 24.5. The van der Waals surface area contributed by atoms with E-state index in [9.17, 15) is 26.0 Å². The predicted molar refractivity (Wildman–Crippen MR) is 110 cm³/mol. The molecule has 33 heavy (non-hydrogen) atoms. The fourth-order valence-electron chi connectivity index (χ4n) is 2.94. The van der Waals surface area contributed by atoms with Crippen LogP contribution in [0.4, 0.5) is 23.5 Å². The van der Waals surface area contributed by atoms with Gasteiger partial charge in [0.25, 0.3) is 11.8 Å². The van der Waals surface area contributed by atoms with E-state index in [1.165, 1.54) is 25.4 Å². The Morgan fingerprint density at radius 2 is 1.82 bits per heavy atom. The van der Waals surface area contributed by atoms with E-state index >= 15 is 0 Å². The Bertz CT molecular complexity index is 1190. The van der Waals surface area contributed by atoms with Gasteiger partial charge in [0.1, 0.15) is 11.6 Å². The number of hydrogen-bond donors (Lipinski definition) is 1. The molecule has 1 unspecified atom stereocenters. The van der Waals surface area contributed by atoms with Crippen LogP contribution >= 0.6 is 0 Å². The summed E-state index contributed by atoms with van der Waals surface area (Å²) in [5.74, 6) is -2.91. The van der Waals surface area contributed by atoms with Gasteiger partial charge in [-0.3, -0.25) is 0 Å². The van der Waals surface area contributed by atoms with E-state index in [0.717, 1.165) is 10.4 Å². The van der Waals surface area contributed by atoms with Crippen LogP contribution in [-0.2, 0) is 10.0 Å². The van der Waals surface area contributed by atoms with E-state index in [4.69, 9.17) is 4.42 Å². The number of nitrogens with zero attached hydrogens (tertiary/aromatic N) is 5. The topological polar surface area (TPSA) is 114 Å². The molecule has 2 heterocycles. The fraction of sp³-hybridized carbons (Fsp3) is 0.368. The first-order chi connectivity index (χ1) is 15.6. The Labute approximate surface area is 186 Å². The predicted octanol–water partition coefficient (Wildman–Crippen LogP) is 3.57. The number of aromatic nitrogens is 4. The van der Waals surface area contributed by atoms with Crippen LogP contribution in [0.2, 0.25) is 0 Å². The smallest absolute Gasteiger partial charge is 0.314 e.